The summed E-state index contributed by atoms with van der Waals surface area (Å²) in [5.41, 5.74) is 6.28. The maximum absolute atomic E-state index is 10.7. The molecule has 0 aromatic carbocycles. The van der Waals surface area contributed by atoms with Gasteiger partial charge in [-0.3, -0.25) is 10.4 Å². The topological polar surface area (TPSA) is 95.8 Å². The fraction of sp³-hybridized carbons (Fsp3) is 0.200. The normalized spacial score (nSPS) is 15.1. The van der Waals surface area contributed by atoms with Gasteiger partial charge < -0.3 is 11.1 Å². The van der Waals surface area contributed by atoms with Crippen LogP contribution in [-0.2, 0) is 6.54 Å². The van der Waals surface area contributed by atoms with E-state index in [4.69, 9.17) is 5.73 Å². The number of hydrogen-bond acceptors (Lipinski definition) is 3. The van der Waals surface area contributed by atoms with Crippen LogP contribution in [0.3, 0.4) is 0 Å². The largest absolute Gasteiger partial charge is 0.382 e. The predicted molar refractivity (Wildman–Crippen MR) is 38.9 cm³/mol. The summed E-state index contributed by atoms with van der Waals surface area (Å²) >= 11 is 0. The third-order valence-electron chi connectivity index (χ3n) is 1.56. The summed E-state index contributed by atoms with van der Waals surface area (Å²) in [5.74, 6) is 1.01. The summed E-state index contributed by atoms with van der Waals surface area (Å²) in [6.45, 7) is 0.434. The third-order valence-corrected chi connectivity index (χ3v) is 1.56. The summed E-state index contributed by atoms with van der Waals surface area (Å²) in [7, 11) is 0. The van der Waals surface area contributed by atoms with Crippen molar-refractivity contribution in [3.05, 3.63) is 5.56 Å². The number of carbonyl (C=O) groups is 1. The molecule has 58 valence electrons. The van der Waals surface area contributed by atoms with Crippen LogP contribution in [0, 0.1) is 0 Å². The first kappa shape index (κ1) is 6.02. The van der Waals surface area contributed by atoms with E-state index in [1.807, 2.05) is 0 Å². The van der Waals surface area contributed by atoms with Gasteiger partial charge in [0, 0.05) is 0 Å². The van der Waals surface area contributed by atoms with Crippen molar-refractivity contribution >= 4 is 17.7 Å². The summed E-state index contributed by atoms with van der Waals surface area (Å²) in [6.07, 6.45) is 0. The van der Waals surface area contributed by atoms with Crippen molar-refractivity contribution in [3.8, 4) is 0 Å². The molecule has 0 saturated heterocycles. The quantitative estimate of drug-likeness (QED) is 0.409. The number of fused-ring (bicyclic) bond motifs is 1. The Kier molecular flexibility index (Phi) is 1.03. The maximum Gasteiger partial charge on any atom is 0.320 e. The lowest BCUT2D eigenvalue weighted by Gasteiger charge is -2.12. The van der Waals surface area contributed by atoms with Crippen molar-refractivity contribution in [2.75, 3.05) is 11.1 Å². The van der Waals surface area contributed by atoms with Gasteiger partial charge in [0.1, 0.15) is 5.82 Å². The molecule has 0 spiro atoms. The molecular weight excluding hydrogens is 146 g/mol. The van der Waals surface area contributed by atoms with E-state index in [1.165, 1.54) is 0 Å². The molecule has 2 heterocycles. The van der Waals surface area contributed by atoms with Crippen LogP contribution in [0.2, 0.25) is 0 Å². The van der Waals surface area contributed by atoms with Crippen LogP contribution < -0.4 is 16.4 Å². The molecule has 0 unspecified atom stereocenters. The number of urea groups is 1. The highest BCUT2D eigenvalue weighted by molar-refractivity contribution is 5.91. The summed E-state index contributed by atoms with van der Waals surface area (Å²) in [6, 6.07) is -0.235. The van der Waals surface area contributed by atoms with Crippen LogP contribution >= 0.6 is 0 Å². The standard InChI is InChI=1S/C5H7N5O/c6-3-2-1-7-5(11)8-4(2)10-9-3/h1H2,(H5,6,7,8,9,10,11). The van der Waals surface area contributed by atoms with Crippen LogP contribution in [0.1, 0.15) is 5.56 Å². The van der Waals surface area contributed by atoms with Crippen molar-refractivity contribution < 1.29 is 4.79 Å². The minimum atomic E-state index is -0.235. The Labute approximate surface area is 62.2 Å². The van der Waals surface area contributed by atoms with Crippen molar-refractivity contribution in [2.45, 2.75) is 6.54 Å². The van der Waals surface area contributed by atoms with E-state index in [-0.39, 0.29) is 6.03 Å². The molecule has 6 heteroatoms. The number of carbonyl (C=O) groups excluding carboxylic acids is 1. The minimum Gasteiger partial charge on any atom is -0.382 e. The third kappa shape index (κ3) is 0.794. The zero-order valence-corrected chi connectivity index (χ0v) is 5.64. The van der Waals surface area contributed by atoms with E-state index >= 15 is 0 Å². The summed E-state index contributed by atoms with van der Waals surface area (Å²) < 4.78 is 0. The van der Waals surface area contributed by atoms with Gasteiger partial charge in [-0.2, -0.15) is 5.10 Å². The Morgan fingerprint density at radius 1 is 1.55 bits per heavy atom. The molecule has 0 bridgehead atoms. The Balaban J connectivity index is 2.44. The number of amides is 2. The maximum atomic E-state index is 10.7. The molecule has 0 atom stereocenters. The number of H-pyrrole nitrogens is 1. The molecule has 0 aliphatic carbocycles. The molecule has 2 rings (SSSR count). The second-order valence-electron chi connectivity index (χ2n) is 2.27. The minimum absolute atomic E-state index is 0.235. The van der Waals surface area contributed by atoms with Gasteiger partial charge in [-0.05, 0) is 0 Å². The van der Waals surface area contributed by atoms with E-state index in [0.717, 1.165) is 5.56 Å². The van der Waals surface area contributed by atoms with Crippen LogP contribution in [0.15, 0.2) is 0 Å². The van der Waals surface area contributed by atoms with E-state index in [9.17, 15) is 4.79 Å². The highest BCUT2D eigenvalue weighted by Gasteiger charge is 2.18. The van der Waals surface area contributed by atoms with Crippen LogP contribution in [-0.4, -0.2) is 16.2 Å². The lowest BCUT2D eigenvalue weighted by Crippen LogP contribution is -2.33. The Morgan fingerprint density at radius 2 is 2.36 bits per heavy atom. The average molecular weight is 153 g/mol. The van der Waals surface area contributed by atoms with Crippen LogP contribution in [0.4, 0.5) is 16.4 Å². The summed E-state index contributed by atoms with van der Waals surface area (Å²) in [5, 5.41) is 11.4. The van der Waals surface area contributed by atoms with Gasteiger partial charge in [0.05, 0.1) is 12.1 Å². The Morgan fingerprint density at radius 3 is 3.18 bits per heavy atom. The van der Waals surface area contributed by atoms with Crippen molar-refractivity contribution in [3.63, 3.8) is 0 Å². The van der Waals surface area contributed by atoms with Crippen molar-refractivity contribution in [1.82, 2.24) is 15.5 Å². The lowest BCUT2D eigenvalue weighted by molar-refractivity contribution is 0.251. The van der Waals surface area contributed by atoms with E-state index in [2.05, 4.69) is 20.8 Å². The molecule has 1 aromatic heterocycles. The molecular formula is C5H7N5O. The highest BCUT2D eigenvalue weighted by atomic mass is 16.2. The first-order chi connectivity index (χ1) is 5.27. The second-order valence-corrected chi connectivity index (χ2v) is 2.27. The van der Waals surface area contributed by atoms with Crippen molar-refractivity contribution in [2.24, 2.45) is 0 Å². The predicted octanol–water partition coefficient (Wildman–Crippen LogP) is -0.373. The lowest BCUT2D eigenvalue weighted by atomic mass is 10.2. The smallest absolute Gasteiger partial charge is 0.320 e. The number of anilines is 2. The molecule has 0 radical (unpaired) electrons. The number of aromatic nitrogens is 2. The van der Waals surface area contributed by atoms with Gasteiger partial charge in [-0.1, -0.05) is 0 Å². The van der Waals surface area contributed by atoms with Crippen molar-refractivity contribution in [1.29, 1.82) is 0 Å². The van der Waals surface area contributed by atoms with E-state index in [1.54, 1.807) is 0 Å². The van der Waals surface area contributed by atoms with E-state index in [0.29, 0.717) is 18.2 Å². The molecule has 1 aliphatic heterocycles. The second kappa shape index (κ2) is 1.88. The monoisotopic (exact) mass is 153 g/mol. The van der Waals surface area contributed by atoms with Gasteiger partial charge >= 0.3 is 6.03 Å². The first-order valence-corrected chi connectivity index (χ1v) is 3.15. The number of hydrogen-bond donors (Lipinski definition) is 4. The van der Waals surface area contributed by atoms with Gasteiger partial charge in [0.25, 0.3) is 0 Å². The first-order valence-electron chi connectivity index (χ1n) is 3.15. The number of rotatable bonds is 0. The molecule has 5 N–H and O–H groups in total. The Hall–Kier alpha value is -1.72. The Bertz CT molecular complexity index is 304. The van der Waals surface area contributed by atoms with Crippen LogP contribution in [0.25, 0.3) is 0 Å². The van der Waals surface area contributed by atoms with Gasteiger partial charge in [-0.15, -0.1) is 0 Å². The molecule has 6 nitrogen and oxygen atoms in total. The molecule has 2 amide bonds. The number of nitrogens with two attached hydrogens (primary N) is 1. The molecule has 1 aliphatic rings. The fourth-order valence-corrected chi connectivity index (χ4v) is 0.988. The molecule has 0 fully saturated rings. The SMILES string of the molecule is Nc1n[nH]c2c1CNC(=O)N2. The molecule has 1 aromatic rings. The average Bonchev–Trinajstić information content (AvgIpc) is 2.32. The number of aromatic amines is 1. The molecule has 0 saturated carbocycles. The zero-order chi connectivity index (χ0) is 7.84. The number of nitrogens with zero attached hydrogens (tertiary/aromatic N) is 1. The zero-order valence-electron chi connectivity index (χ0n) is 5.64. The number of nitrogen functional groups attached to an aromatic ring is 1. The van der Waals surface area contributed by atoms with E-state index < -0.39 is 0 Å². The van der Waals surface area contributed by atoms with Gasteiger partial charge in [0.15, 0.2) is 5.82 Å². The van der Waals surface area contributed by atoms with Gasteiger partial charge in [0.2, 0.25) is 0 Å². The summed E-state index contributed by atoms with van der Waals surface area (Å²) in [4.78, 5) is 10.7. The highest BCUT2D eigenvalue weighted by Crippen LogP contribution is 2.20. The number of nitrogens with one attached hydrogen (secondary N) is 3. The van der Waals surface area contributed by atoms with Gasteiger partial charge in [-0.25, -0.2) is 4.79 Å². The van der Waals surface area contributed by atoms with Crippen LogP contribution in [0.5, 0.6) is 0 Å². The fourth-order valence-electron chi connectivity index (χ4n) is 0.988. The molecule has 11 heavy (non-hydrogen) atoms.